The van der Waals surface area contributed by atoms with Gasteiger partial charge in [-0.15, -0.1) is 0 Å². The van der Waals surface area contributed by atoms with E-state index in [4.69, 9.17) is 0 Å². The highest BCUT2D eigenvalue weighted by molar-refractivity contribution is 7.90. The topological polar surface area (TPSA) is 84.3 Å². The van der Waals surface area contributed by atoms with E-state index in [0.717, 1.165) is 6.26 Å². The zero-order valence-electron chi connectivity index (χ0n) is 12.6. The number of pyridine rings is 1. The lowest BCUT2D eigenvalue weighted by Gasteiger charge is -2.17. The third-order valence-corrected chi connectivity index (χ3v) is 4.38. The summed E-state index contributed by atoms with van der Waals surface area (Å²) in [5.74, 6) is -0.303. The fourth-order valence-corrected chi connectivity index (χ4v) is 2.52. The highest BCUT2D eigenvalue weighted by Gasteiger charge is 2.18. The Hall–Kier alpha value is -2.05. The van der Waals surface area contributed by atoms with Crippen molar-refractivity contribution in [2.75, 3.05) is 6.26 Å². The van der Waals surface area contributed by atoms with Gasteiger partial charge in [0.2, 0.25) is 5.78 Å². The van der Waals surface area contributed by atoms with Crippen LogP contribution in [0.15, 0.2) is 47.5 Å². The molecule has 0 radical (unpaired) electrons. The molecule has 0 saturated heterocycles. The third-order valence-electron chi connectivity index (χ3n) is 3.25. The summed E-state index contributed by atoms with van der Waals surface area (Å²) in [5.41, 5.74) is 0.179. The van der Waals surface area contributed by atoms with Gasteiger partial charge in [0.15, 0.2) is 9.84 Å². The Bertz CT molecular complexity index is 786. The fraction of sp³-hybridized carbons (Fsp3) is 0.250. The van der Waals surface area contributed by atoms with Crippen molar-refractivity contribution in [2.45, 2.75) is 24.3 Å². The SMILES string of the molecule is CC(C)(O)c1ccc(C(=O)c2ccc(S(C)(=O)=O)cc2)nc1. The maximum atomic E-state index is 12.3. The summed E-state index contributed by atoms with van der Waals surface area (Å²) in [5, 5.41) is 9.86. The number of sulfone groups is 1. The van der Waals surface area contributed by atoms with Crippen LogP contribution in [0, 0.1) is 0 Å². The Morgan fingerprint density at radius 1 is 1.09 bits per heavy atom. The average molecular weight is 319 g/mol. The molecule has 0 saturated carbocycles. The smallest absolute Gasteiger partial charge is 0.211 e. The minimum Gasteiger partial charge on any atom is -0.386 e. The van der Waals surface area contributed by atoms with Crippen molar-refractivity contribution in [3.05, 3.63) is 59.4 Å². The number of benzene rings is 1. The monoisotopic (exact) mass is 319 g/mol. The molecule has 22 heavy (non-hydrogen) atoms. The largest absolute Gasteiger partial charge is 0.386 e. The minimum atomic E-state index is -3.29. The van der Waals surface area contributed by atoms with Crippen LogP contribution in [0.3, 0.4) is 0 Å². The lowest BCUT2D eigenvalue weighted by Crippen LogP contribution is -2.16. The van der Waals surface area contributed by atoms with Crippen molar-refractivity contribution < 1.29 is 18.3 Å². The first kappa shape index (κ1) is 16.3. The molecule has 1 heterocycles. The van der Waals surface area contributed by atoms with Crippen molar-refractivity contribution >= 4 is 15.6 Å². The van der Waals surface area contributed by atoms with Crippen LogP contribution in [0.5, 0.6) is 0 Å². The maximum Gasteiger partial charge on any atom is 0.211 e. The number of carbonyl (C=O) groups excluding carboxylic acids is 1. The number of aliphatic hydroxyl groups is 1. The van der Waals surface area contributed by atoms with Gasteiger partial charge in [0.05, 0.1) is 10.5 Å². The van der Waals surface area contributed by atoms with Gasteiger partial charge in [-0.25, -0.2) is 8.42 Å². The molecule has 2 aromatic rings. The van der Waals surface area contributed by atoms with Gasteiger partial charge in [-0.2, -0.15) is 0 Å². The molecular formula is C16H17NO4S. The zero-order chi connectivity index (χ0) is 16.5. The van der Waals surface area contributed by atoms with Crippen LogP contribution >= 0.6 is 0 Å². The molecule has 0 bridgehead atoms. The van der Waals surface area contributed by atoms with Crippen molar-refractivity contribution in [1.29, 1.82) is 0 Å². The molecule has 1 N–H and O–H groups in total. The van der Waals surface area contributed by atoms with Crippen molar-refractivity contribution in [2.24, 2.45) is 0 Å². The first-order chi connectivity index (χ1) is 10.1. The lowest BCUT2D eigenvalue weighted by molar-refractivity contribution is 0.0780. The first-order valence-corrected chi connectivity index (χ1v) is 8.52. The summed E-state index contributed by atoms with van der Waals surface area (Å²) in [6.07, 6.45) is 2.57. The third kappa shape index (κ3) is 3.58. The molecule has 0 atom stereocenters. The van der Waals surface area contributed by atoms with Crippen LogP contribution in [0.25, 0.3) is 0 Å². The Kier molecular flexibility index (Phi) is 4.17. The summed E-state index contributed by atoms with van der Waals surface area (Å²) in [4.78, 5) is 16.5. The Morgan fingerprint density at radius 3 is 2.09 bits per heavy atom. The number of nitrogens with zero attached hydrogens (tertiary/aromatic N) is 1. The molecule has 0 aliphatic heterocycles. The Balaban J connectivity index is 2.28. The van der Waals surface area contributed by atoms with Gasteiger partial charge in [-0.3, -0.25) is 9.78 Å². The van der Waals surface area contributed by atoms with Crippen molar-refractivity contribution in [1.82, 2.24) is 4.98 Å². The van der Waals surface area contributed by atoms with Crippen molar-refractivity contribution in [3.63, 3.8) is 0 Å². The number of carbonyl (C=O) groups is 1. The molecule has 0 spiro atoms. The minimum absolute atomic E-state index is 0.161. The molecule has 0 unspecified atom stereocenters. The molecule has 0 aliphatic carbocycles. The highest BCUT2D eigenvalue weighted by Crippen LogP contribution is 2.19. The van der Waals surface area contributed by atoms with E-state index in [0.29, 0.717) is 11.1 Å². The van der Waals surface area contributed by atoms with E-state index in [-0.39, 0.29) is 16.4 Å². The van der Waals surface area contributed by atoms with Gasteiger partial charge in [0, 0.05) is 23.6 Å². The average Bonchev–Trinajstić information content (AvgIpc) is 2.45. The van der Waals surface area contributed by atoms with Crippen molar-refractivity contribution in [3.8, 4) is 0 Å². The molecule has 116 valence electrons. The predicted molar refractivity (Wildman–Crippen MR) is 82.5 cm³/mol. The van der Waals surface area contributed by atoms with Crippen LogP contribution in [0.1, 0.15) is 35.5 Å². The fourth-order valence-electron chi connectivity index (χ4n) is 1.89. The molecule has 5 nitrogen and oxygen atoms in total. The van der Waals surface area contributed by atoms with Crippen LogP contribution in [-0.2, 0) is 15.4 Å². The quantitative estimate of drug-likeness (QED) is 0.871. The Labute approximate surface area is 129 Å². The van der Waals surface area contributed by atoms with E-state index in [1.165, 1.54) is 30.5 Å². The van der Waals surface area contributed by atoms with E-state index in [1.54, 1.807) is 26.0 Å². The second kappa shape index (κ2) is 5.62. The van der Waals surface area contributed by atoms with Gasteiger partial charge >= 0.3 is 0 Å². The summed E-state index contributed by atoms with van der Waals surface area (Å²) < 4.78 is 22.8. The van der Waals surface area contributed by atoms with E-state index >= 15 is 0 Å². The van der Waals surface area contributed by atoms with Gasteiger partial charge < -0.3 is 5.11 Å². The molecular weight excluding hydrogens is 302 g/mol. The van der Waals surface area contributed by atoms with Gasteiger partial charge in [0.1, 0.15) is 5.69 Å². The summed E-state index contributed by atoms with van der Waals surface area (Å²) in [7, 11) is -3.29. The number of aromatic nitrogens is 1. The van der Waals surface area contributed by atoms with Crippen LogP contribution < -0.4 is 0 Å². The Morgan fingerprint density at radius 2 is 1.68 bits per heavy atom. The van der Waals surface area contributed by atoms with E-state index in [1.807, 2.05) is 0 Å². The van der Waals surface area contributed by atoms with E-state index in [9.17, 15) is 18.3 Å². The van der Waals surface area contributed by atoms with Gasteiger partial charge in [-0.1, -0.05) is 6.07 Å². The number of hydrogen-bond acceptors (Lipinski definition) is 5. The molecule has 0 aliphatic rings. The van der Waals surface area contributed by atoms with Crippen LogP contribution in [0.2, 0.25) is 0 Å². The molecule has 6 heteroatoms. The zero-order valence-corrected chi connectivity index (χ0v) is 13.4. The lowest BCUT2D eigenvalue weighted by atomic mass is 9.99. The standard InChI is InChI=1S/C16H17NO4S/c1-16(2,19)12-6-9-14(17-10-12)15(18)11-4-7-13(8-5-11)22(3,20)21/h4-10,19H,1-3H3. The molecule has 1 aromatic heterocycles. The molecule has 1 aromatic carbocycles. The first-order valence-electron chi connectivity index (χ1n) is 6.63. The second-order valence-corrected chi connectivity index (χ2v) is 7.63. The second-order valence-electron chi connectivity index (χ2n) is 5.62. The van der Waals surface area contributed by atoms with Gasteiger partial charge in [0.25, 0.3) is 0 Å². The molecule has 2 rings (SSSR count). The summed E-state index contributed by atoms with van der Waals surface area (Å²) >= 11 is 0. The normalized spacial score (nSPS) is 12.2. The predicted octanol–water partition coefficient (Wildman–Crippen LogP) is 1.94. The molecule has 0 amide bonds. The number of ketones is 1. The van der Waals surface area contributed by atoms with Gasteiger partial charge in [-0.05, 0) is 44.2 Å². The number of rotatable bonds is 4. The highest BCUT2D eigenvalue weighted by atomic mass is 32.2. The van der Waals surface area contributed by atoms with Crippen LogP contribution in [-0.4, -0.2) is 30.5 Å². The maximum absolute atomic E-state index is 12.3. The summed E-state index contributed by atoms with van der Waals surface area (Å²) in [6, 6.07) is 8.90. The van der Waals surface area contributed by atoms with Crippen LogP contribution in [0.4, 0.5) is 0 Å². The molecule has 0 fully saturated rings. The number of hydrogen-bond donors (Lipinski definition) is 1. The van der Waals surface area contributed by atoms with E-state index in [2.05, 4.69) is 4.98 Å². The van der Waals surface area contributed by atoms with E-state index < -0.39 is 15.4 Å². The summed E-state index contributed by atoms with van der Waals surface area (Å²) in [6.45, 7) is 3.27.